The Hall–Kier alpha value is -5.80. The zero-order valence-electron chi connectivity index (χ0n) is 36.4. The molecule has 0 aliphatic heterocycles. The summed E-state index contributed by atoms with van der Waals surface area (Å²) >= 11 is 0. The van der Waals surface area contributed by atoms with Gasteiger partial charge in [0, 0.05) is 18.2 Å². The topological polar surface area (TPSA) is 210 Å². The maximum atomic E-state index is 13.5. The van der Waals surface area contributed by atoms with Gasteiger partial charge in [-0.05, 0) is 145 Å². The largest absolute Gasteiger partial charge is 0.459 e. The van der Waals surface area contributed by atoms with E-state index in [9.17, 15) is 38.4 Å². The summed E-state index contributed by atoms with van der Waals surface area (Å²) in [7, 11) is 0. The van der Waals surface area contributed by atoms with Crippen LogP contribution in [0.3, 0.4) is 0 Å². The predicted molar refractivity (Wildman–Crippen MR) is 225 cm³/mol. The van der Waals surface area contributed by atoms with Crippen molar-refractivity contribution in [2.45, 2.75) is 103 Å². The van der Waals surface area contributed by atoms with Gasteiger partial charge in [-0.25, -0.2) is 19.2 Å². The molecule has 0 heterocycles. The monoisotopic (exact) mass is 892 g/mol. The van der Waals surface area contributed by atoms with E-state index in [1.165, 1.54) is 18.2 Å². The summed E-state index contributed by atoms with van der Waals surface area (Å²) < 4.78 is 41.6. The summed E-state index contributed by atoms with van der Waals surface area (Å²) in [4.78, 5) is 99.1. The number of carbonyl (C=O) groups excluding carboxylic acids is 8. The maximum Gasteiger partial charge on any atom is 0.342 e. The van der Waals surface area contributed by atoms with Gasteiger partial charge in [-0.1, -0.05) is 19.7 Å². The third-order valence-electron chi connectivity index (χ3n) is 13.2. The molecule has 1 aromatic rings. The third kappa shape index (κ3) is 14.6. The molecule has 0 N–H and O–H groups in total. The Labute approximate surface area is 373 Å². The van der Waals surface area contributed by atoms with E-state index in [1.807, 2.05) is 0 Å². The second kappa shape index (κ2) is 24.9. The Balaban J connectivity index is 1.10. The molecule has 4 saturated carbocycles. The summed E-state index contributed by atoms with van der Waals surface area (Å²) in [5, 5.41) is 0. The van der Waals surface area contributed by atoms with E-state index in [2.05, 4.69) is 19.7 Å². The summed E-state index contributed by atoms with van der Waals surface area (Å²) in [6.45, 7) is 8.57. The van der Waals surface area contributed by atoms with Gasteiger partial charge in [-0.15, -0.1) is 0 Å². The molecule has 4 fully saturated rings. The first kappa shape index (κ1) is 49.2. The smallest absolute Gasteiger partial charge is 0.342 e. The van der Waals surface area contributed by atoms with Gasteiger partial charge in [-0.2, -0.15) is 0 Å². The van der Waals surface area contributed by atoms with Crippen molar-refractivity contribution in [3.63, 3.8) is 0 Å². The quantitative estimate of drug-likeness (QED) is 0.0339. The normalized spacial score (nSPS) is 25.4. The SMILES string of the molecule is C=CC(=O)OCCOC(=O)c1cc(OC(=O)C2CCC(C3CCC(C(=O)OCOC(=O)C=C)CC3)CC2)ccc1OC(=O)C1CCC(C2CCC(C(=O)OCOC(=O)C=C)CC2)CC1. The summed E-state index contributed by atoms with van der Waals surface area (Å²) in [6, 6.07) is 4.19. The fourth-order valence-electron chi connectivity index (χ4n) is 9.58. The first-order valence-electron chi connectivity index (χ1n) is 22.3. The van der Waals surface area contributed by atoms with Gasteiger partial charge in [-0.3, -0.25) is 19.2 Å². The van der Waals surface area contributed by atoms with Crippen LogP contribution >= 0.6 is 0 Å². The molecule has 0 saturated heterocycles. The van der Waals surface area contributed by atoms with Gasteiger partial charge in [0.1, 0.15) is 30.3 Å². The van der Waals surface area contributed by atoms with Crippen LogP contribution in [0.25, 0.3) is 0 Å². The van der Waals surface area contributed by atoms with Crippen molar-refractivity contribution < 1.29 is 76.3 Å². The second-order valence-corrected chi connectivity index (χ2v) is 17.0. The van der Waals surface area contributed by atoms with E-state index < -0.39 is 55.3 Å². The molecule has 348 valence electrons. The van der Waals surface area contributed by atoms with E-state index in [4.69, 9.17) is 37.9 Å². The fourth-order valence-corrected chi connectivity index (χ4v) is 9.58. The van der Waals surface area contributed by atoms with Crippen LogP contribution in [0.15, 0.2) is 56.2 Å². The lowest BCUT2D eigenvalue weighted by Gasteiger charge is -2.36. The molecule has 64 heavy (non-hydrogen) atoms. The molecule has 0 aromatic heterocycles. The van der Waals surface area contributed by atoms with Crippen molar-refractivity contribution in [3.05, 3.63) is 61.7 Å². The lowest BCUT2D eigenvalue weighted by atomic mass is 9.69. The molecule has 0 unspecified atom stereocenters. The number of hydrogen-bond donors (Lipinski definition) is 0. The highest BCUT2D eigenvalue weighted by molar-refractivity contribution is 5.94. The number of rotatable bonds is 19. The van der Waals surface area contributed by atoms with Crippen molar-refractivity contribution in [1.82, 2.24) is 0 Å². The average Bonchev–Trinajstić information content (AvgIpc) is 3.33. The highest BCUT2D eigenvalue weighted by Crippen LogP contribution is 2.44. The number of benzene rings is 1. The molecule has 1 aromatic carbocycles. The third-order valence-corrected chi connectivity index (χ3v) is 13.2. The Bertz CT molecular complexity index is 1850. The minimum Gasteiger partial charge on any atom is -0.459 e. The molecule has 16 nitrogen and oxygen atoms in total. The van der Waals surface area contributed by atoms with Crippen molar-refractivity contribution in [3.8, 4) is 11.5 Å². The Morgan fingerprint density at radius 1 is 0.438 bits per heavy atom. The van der Waals surface area contributed by atoms with Crippen LogP contribution < -0.4 is 9.47 Å². The standard InChI is InChI=1S/C48H60O16/c1-4-41(49)57-25-26-58-48(56)39-27-38(63-46(54)36-19-11-32(12-20-36)30-7-15-34(16-8-30)44(52)61-28-59-42(50)5-2)23-24-40(39)64-47(55)37-21-13-33(14-22-37)31-9-17-35(18-10-31)45(53)62-29-60-43(51)6-3/h4-6,23-24,27,30-37H,1-3,7-22,25-26,28-29H2. The first-order chi connectivity index (χ1) is 30.9. The van der Waals surface area contributed by atoms with Crippen molar-refractivity contribution >= 4 is 47.8 Å². The number of hydrogen-bond acceptors (Lipinski definition) is 16. The maximum absolute atomic E-state index is 13.5. The molecule has 0 amide bonds. The van der Waals surface area contributed by atoms with Crippen LogP contribution in [-0.2, 0) is 62.0 Å². The van der Waals surface area contributed by atoms with Gasteiger partial charge < -0.3 is 37.9 Å². The van der Waals surface area contributed by atoms with Crippen molar-refractivity contribution in [2.75, 3.05) is 26.8 Å². The van der Waals surface area contributed by atoms with Crippen LogP contribution in [-0.4, -0.2) is 74.6 Å². The van der Waals surface area contributed by atoms with Crippen LogP contribution in [0.1, 0.15) is 113 Å². The lowest BCUT2D eigenvalue weighted by Crippen LogP contribution is -2.32. The Morgan fingerprint density at radius 3 is 1.20 bits per heavy atom. The number of carbonyl (C=O) groups is 8. The summed E-state index contributed by atoms with van der Waals surface area (Å²) in [6.07, 6.45) is 14.9. The number of ether oxygens (including phenoxy) is 8. The highest BCUT2D eigenvalue weighted by atomic mass is 16.7. The molecule has 4 aliphatic carbocycles. The van der Waals surface area contributed by atoms with Crippen molar-refractivity contribution in [2.24, 2.45) is 47.3 Å². The Kier molecular flexibility index (Phi) is 19.1. The van der Waals surface area contributed by atoms with Gasteiger partial charge in [0.15, 0.2) is 0 Å². The zero-order valence-corrected chi connectivity index (χ0v) is 36.4. The van der Waals surface area contributed by atoms with E-state index in [0.29, 0.717) is 75.0 Å². The Morgan fingerprint density at radius 2 is 0.797 bits per heavy atom. The molecule has 4 aliphatic rings. The second-order valence-electron chi connectivity index (χ2n) is 17.0. The van der Waals surface area contributed by atoms with Gasteiger partial charge in [0.25, 0.3) is 0 Å². The fraction of sp³-hybridized carbons (Fsp3) is 0.583. The average molecular weight is 893 g/mol. The van der Waals surface area contributed by atoms with Gasteiger partial charge in [0.05, 0.1) is 23.7 Å². The minimum atomic E-state index is -0.865. The molecule has 0 atom stereocenters. The zero-order chi connectivity index (χ0) is 46.0. The molecule has 0 bridgehead atoms. The van der Waals surface area contributed by atoms with E-state index in [-0.39, 0.29) is 60.0 Å². The molecule has 0 radical (unpaired) electrons. The minimum absolute atomic E-state index is 0.0518. The summed E-state index contributed by atoms with van der Waals surface area (Å²) in [5.74, 6) is -4.12. The van der Waals surface area contributed by atoms with Gasteiger partial charge in [0.2, 0.25) is 13.6 Å². The van der Waals surface area contributed by atoms with E-state index in [1.54, 1.807) is 0 Å². The molecule has 0 spiro atoms. The van der Waals surface area contributed by atoms with E-state index >= 15 is 0 Å². The van der Waals surface area contributed by atoms with Crippen molar-refractivity contribution in [1.29, 1.82) is 0 Å². The molecular weight excluding hydrogens is 833 g/mol. The molecule has 5 rings (SSSR count). The molecular formula is C48H60O16. The first-order valence-corrected chi connectivity index (χ1v) is 22.3. The summed E-state index contributed by atoms with van der Waals surface area (Å²) in [5.41, 5.74) is -0.127. The highest BCUT2D eigenvalue weighted by Gasteiger charge is 2.38. The van der Waals surface area contributed by atoms with Gasteiger partial charge >= 0.3 is 47.8 Å². The van der Waals surface area contributed by atoms with Crippen LogP contribution in [0, 0.1) is 47.3 Å². The van der Waals surface area contributed by atoms with E-state index in [0.717, 1.165) is 69.6 Å². The van der Waals surface area contributed by atoms with Crippen LogP contribution in [0.5, 0.6) is 11.5 Å². The lowest BCUT2D eigenvalue weighted by molar-refractivity contribution is -0.170. The predicted octanol–water partition coefficient (Wildman–Crippen LogP) is 7.07. The number of esters is 8. The van der Waals surface area contributed by atoms with Crippen LogP contribution in [0.2, 0.25) is 0 Å². The molecule has 16 heteroatoms. The van der Waals surface area contributed by atoms with Crippen LogP contribution in [0.4, 0.5) is 0 Å².